The van der Waals surface area contributed by atoms with Gasteiger partial charge in [-0.1, -0.05) is 36.4 Å². The molecule has 2 amide bonds. The van der Waals surface area contributed by atoms with Gasteiger partial charge in [0.25, 0.3) is 11.8 Å². The van der Waals surface area contributed by atoms with Crippen LogP contribution in [0.5, 0.6) is 0 Å². The fourth-order valence-corrected chi connectivity index (χ4v) is 2.14. The number of hydrogen-bond donors (Lipinski definition) is 2. The molecule has 2 rings (SSSR count). The van der Waals surface area contributed by atoms with Crippen LogP contribution in [0.1, 0.15) is 20.7 Å². The maximum Gasteiger partial charge on any atom is 0.439 e. The first-order valence-electron chi connectivity index (χ1n) is 7.36. The van der Waals surface area contributed by atoms with Crippen molar-refractivity contribution in [3.63, 3.8) is 0 Å². The van der Waals surface area contributed by atoms with Gasteiger partial charge in [-0.15, -0.1) is 0 Å². The first-order chi connectivity index (χ1) is 12.5. The highest BCUT2D eigenvalue weighted by molar-refractivity contribution is 5.97. The summed E-state index contributed by atoms with van der Waals surface area (Å²) in [7, 11) is 0. The van der Waals surface area contributed by atoms with E-state index >= 15 is 0 Å². The summed E-state index contributed by atoms with van der Waals surface area (Å²) in [6.07, 6.45) is -12.1. The number of nitrogens with one attached hydrogen (secondary N) is 2. The molecule has 144 valence electrons. The Balaban J connectivity index is 2.47. The van der Waals surface area contributed by atoms with Crippen molar-refractivity contribution in [2.24, 2.45) is 0 Å². The summed E-state index contributed by atoms with van der Waals surface area (Å²) in [5.41, 5.74) is -5.85. The third-order valence-corrected chi connectivity index (χ3v) is 3.52. The molecule has 10 heteroatoms. The Morgan fingerprint density at radius 3 is 1.15 bits per heavy atom. The molecule has 2 aromatic carbocycles. The minimum Gasteiger partial charge on any atom is -0.314 e. The Hall–Kier alpha value is -3.04. The molecule has 4 nitrogen and oxygen atoms in total. The number of hydrogen-bond acceptors (Lipinski definition) is 2. The van der Waals surface area contributed by atoms with Crippen LogP contribution < -0.4 is 10.6 Å². The van der Waals surface area contributed by atoms with Crippen LogP contribution in [0.4, 0.5) is 26.3 Å². The molecular formula is C17H12F6N2O2. The van der Waals surface area contributed by atoms with Gasteiger partial charge in [0.15, 0.2) is 0 Å². The third-order valence-electron chi connectivity index (χ3n) is 3.52. The van der Waals surface area contributed by atoms with Crippen LogP contribution in [0, 0.1) is 0 Å². The number of amides is 2. The zero-order valence-electron chi connectivity index (χ0n) is 13.4. The fraction of sp³-hybridized carbons (Fsp3) is 0.176. The van der Waals surface area contributed by atoms with Crippen LogP contribution in [0.25, 0.3) is 0 Å². The standard InChI is InChI=1S/C17H12F6N2O2/c18-16(19,20)15(17(21,22)23,24-13(26)11-7-3-1-4-8-11)25-14(27)12-9-5-2-6-10-12/h1-10H,(H,24,26)(H,25,27). The Kier molecular flexibility index (Phi) is 5.48. The number of halogens is 6. The predicted molar refractivity (Wildman–Crippen MR) is 82.7 cm³/mol. The quantitative estimate of drug-likeness (QED) is 0.618. The highest BCUT2D eigenvalue weighted by Crippen LogP contribution is 2.41. The molecule has 0 aliphatic heterocycles. The minimum atomic E-state index is -6.07. The topological polar surface area (TPSA) is 58.2 Å². The van der Waals surface area contributed by atoms with Gasteiger partial charge in [0, 0.05) is 11.1 Å². The van der Waals surface area contributed by atoms with E-state index in [-0.39, 0.29) is 0 Å². The average Bonchev–Trinajstić information content (AvgIpc) is 2.60. The van der Waals surface area contributed by atoms with E-state index in [1.54, 1.807) is 0 Å². The van der Waals surface area contributed by atoms with Gasteiger partial charge in [0.2, 0.25) is 0 Å². The Bertz CT molecular complexity index is 734. The fourth-order valence-electron chi connectivity index (χ4n) is 2.14. The molecule has 0 saturated carbocycles. The van der Waals surface area contributed by atoms with E-state index in [1.165, 1.54) is 36.4 Å². The van der Waals surface area contributed by atoms with Crippen LogP contribution >= 0.6 is 0 Å². The van der Waals surface area contributed by atoms with Gasteiger partial charge < -0.3 is 10.6 Å². The lowest BCUT2D eigenvalue weighted by atomic mass is 10.1. The largest absolute Gasteiger partial charge is 0.439 e. The molecule has 0 aromatic heterocycles. The number of carbonyl (C=O) groups is 2. The lowest BCUT2D eigenvalue weighted by molar-refractivity contribution is -0.310. The van der Waals surface area contributed by atoms with Crippen molar-refractivity contribution < 1.29 is 35.9 Å². The van der Waals surface area contributed by atoms with E-state index in [4.69, 9.17) is 0 Å². The van der Waals surface area contributed by atoms with Crippen LogP contribution in [-0.2, 0) is 0 Å². The average molecular weight is 390 g/mol. The Morgan fingerprint density at radius 2 is 0.889 bits per heavy atom. The van der Waals surface area contributed by atoms with E-state index in [2.05, 4.69) is 0 Å². The smallest absolute Gasteiger partial charge is 0.314 e. The molecule has 0 aliphatic carbocycles. The maximum absolute atomic E-state index is 13.5. The summed E-state index contributed by atoms with van der Waals surface area (Å²) in [6, 6.07) is 12.0. The van der Waals surface area contributed by atoms with Gasteiger partial charge in [0.05, 0.1) is 0 Å². The van der Waals surface area contributed by atoms with Crippen molar-refractivity contribution in [2.45, 2.75) is 18.0 Å². The number of rotatable bonds is 4. The van der Waals surface area contributed by atoms with E-state index in [0.29, 0.717) is 0 Å². The molecule has 0 radical (unpaired) electrons. The highest BCUT2D eigenvalue weighted by atomic mass is 19.4. The van der Waals surface area contributed by atoms with Gasteiger partial charge in [0.1, 0.15) is 0 Å². The van der Waals surface area contributed by atoms with Crippen LogP contribution in [0.2, 0.25) is 0 Å². The zero-order valence-corrected chi connectivity index (χ0v) is 13.4. The van der Waals surface area contributed by atoms with Crippen molar-refractivity contribution in [3.8, 4) is 0 Å². The maximum atomic E-state index is 13.5. The van der Waals surface area contributed by atoms with E-state index < -0.39 is 41.0 Å². The van der Waals surface area contributed by atoms with Gasteiger partial charge >= 0.3 is 18.0 Å². The molecule has 2 aromatic rings. The van der Waals surface area contributed by atoms with Gasteiger partial charge in [-0.05, 0) is 24.3 Å². The highest BCUT2D eigenvalue weighted by Gasteiger charge is 2.73. The first kappa shape index (κ1) is 20.3. The van der Waals surface area contributed by atoms with Gasteiger partial charge in [-0.2, -0.15) is 26.3 Å². The lowest BCUT2D eigenvalue weighted by Gasteiger charge is -2.38. The lowest BCUT2D eigenvalue weighted by Crippen LogP contribution is -2.76. The first-order valence-corrected chi connectivity index (χ1v) is 7.36. The third kappa shape index (κ3) is 4.21. The molecule has 0 saturated heterocycles. The molecule has 2 N–H and O–H groups in total. The summed E-state index contributed by atoms with van der Waals surface area (Å²) in [6.45, 7) is 0. The van der Waals surface area contributed by atoms with Crippen molar-refractivity contribution >= 4 is 11.8 Å². The normalized spacial score (nSPS) is 12.4. The molecule has 27 heavy (non-hydrogen) atoms. The van der Waals surface area contributed by atoms with E-state index in [9.17, 15) is 35.9 Å². The number of alkyl halides is 6. The summed E-state index contributed by atoms with van der Waals surface area (Å²) in [5, 5.41) is 1.81. The molecule has 0 aliphatic rings. The molecule has 0 spiro atoms. The van der Waals surface area contributed by atoms with Crippen molar-refractivity contribution in [1.82, 2.24) is 10.6 Å². The Morgan fingerprint density at radius 1 is 0.593 bits per heavy atom. The van der Waals surface area contributed by atoms with Crippen molar-refractivity contribution in [2.75, 3.05) is 0 Å². The predicted octanol–water partition coefficient (Wildman–Crippen LogP) is 3.67. The molecular weight excluding hydrogens is 378 g/mol. The molecule has 0 fully saturated rings. The zero-order chi connectivity index (χ0) is 20.3. The van der Waals surface area contributed by atoms with E-state index in [1.807, 2.05) is 0 Å². The molecule has 0 bridgehead atoms. The van der Waals surface area contributed by atoms with E-state index in [0.717, 1.165) is 34.9 Å². The monoisotopic (exact) mass is 390 g/mol. The minimum absolute atomic E-state index is 0.440. The van der Waals surface area contributed by atoms with Crippen LogP contribution in [0.3, 0.4) is 0 Å². The summed E-state index contributed by atoms with van der Waals surface area (Å²) >= 11 is 0. The summed E-state index contributed by atoms with van der Waals surface area (Å²) in [4.78, 5) is 24.0. The molecule has 0 unspecified atom stereocenters. The summed E-state index contributed by atoms with van der Waals surface area (Å²) in [5.74, 6) is -3.31. The van der Waals surface area contributed by atoms with Crippen molar-refractivity contribution in [1.29, 1.82) is 0 Å². The molecule has 0 heterocycles. The van der Waals surface area contributed by atoms with Crippen molar-refractivity contribution in [3.05, 3.63) is 71.8 Å². The van der Waals surface area contributed by atoms with Crippen LogP contribution in [-0.4, -0.2) is 29.8 Å². The van der Waals surface area contributed by atoms with Gasteiger partial charge in [-0.25, -0.2) is 0 Å². The number of benzene rings is 2. The van der Waals surface area contributed by atoms with Gasteiger partial charge in [-0.3, -0.25) is 9.59 Å². The SMILES string of the molecule is O=C(NC(NC(=O)c1ccccc1)(C(F)(F)F)C(F)(F)F)c1ccccc1. The molecule has 0 atom stereocenters. The second-order valence-electron chi connectivity index (χ2n) is 5.39. The summed E-state index contributed by atoms with van der Waals surface area (Å²) < 4.78 is 80.8. The Labute approximate surface area is 149 Å². The second kappa shape index (κ2) is 7.29. The van der Waals surface area contributed by atoms with Crippen LogP contribution in [0.15, 0.2) is 60.7 Å². The second-order valence-corrected chi connectivity index (χ2v) is 5.39. The number of carbonyl (C=O) groups excluding carboxylic acids is 2.